The third kappa shape index (κ3) is 5.80. The molecule has 0 amide bonds. The van der Waals surface area contributed by atoms with Crippen molar-refractivity contribution in [1.29, 1.82) is 0 Å². The first-order valence-electron chi connectivity index (χ1n) is 18.7. The van der Waals surface area contributed by atoms with Crippen LogP contribution in [0.3, 0.4) is 0 Å². The van der Waals surface area contributed by atoms with Crippen LogP contribution in [0, 0.1) is 0 Å². The number of nitrogens with zero attached hydrogens (tertiary/aromatic N) is 2. The van der Waals surface area contributed by atoms with E-state index < -0.39 is 0 Å². The second-order valence-corrected chi connectivity index (χ2v) is 13.7. The molecule has 0 spiro atoms. The molecule has 0 N–H and O–H groups in total. The Hall–Kier alpha value is -7.36. The second kappa shape index (κ2) is 13.9. The molecule has 0 aliphatic heterocycles. The van der Waals surface area contributed by atoms with Crippen LogP contribution >= 0.6 is 0 Å². The summed E-state index contributed by atoms with van der Waals surface area (Å²) in [6, 6.07) is 77.3. The molecule has 1 aromatic heterocycles. The van der Waals surface area contributed by atoms with Crippen molar-refractivity contribution in [2.24, 2.45) is 0 Å². The predicted octanol–water partition coefficient (Wildman–Crippen LogP) is 15.0. The number of furan rings is 1. The fraction of sp³-hybridized carbons (Fsp3) is 0. The number of benzene rings is 9. The Morgan fingerprint density at radius 1 is 0.273 bits per heavy atom. The molecule has 260 valence electrons. The summed E-state index contributed by atoms with van der Waals surface area (Å²) < 4.78 is 7.08. The van der Waals surface area contributed by atoms with Gasteiger partial charge in [0.05, 0.1) is 16.8 Å². The zero-order chi connectivity index (χ0) is 36.6. The van der Waals surface area contributed by atoms with E-state index in [1.165, 1.54) is 22.3 Å². The minimum atomic E-state index is 0.827. The molecule has 0 bridgehead atoms. The zero-order valence-electron chi connectivity index (χ0n) is 30.1. The van der Waals surface area contributed by atoms with E-state index in [2.05, 4.69) is 228 Å². The highest BCUT2D eigenvalue weighted by Crippen LogP contribution is 2.53. The predicted molar refractivity (Wildman–Crippen MR) is 231 cm³/mol. The van der Waals surface area contributed by atoms with E-state index in [0.29, 0.717) is 0 Å². The lowest BCUT2D eigenvalue weighted by Crippen LogP contribution is -2.14. The molecule has 55 heavy (non-hydrogen) atoms. The lowest BCUT2D eigenvalue weighted by atomic mass is 9.97. The van der Waals surface area contributed by atoms with Crippen LogP contribution in [0.15, 0.2) is 223 Å². The first-order valence-corrected chi connectivity index (χ1v) is 18.7. The molecule has 3 heteroatoms. The molecule has 0 saturated heterocycles. The summed E-state index contributed by atoms with van der Waals surface area (Å²) in [5, 5.41) is 4.33. The highest BCUT2D eigenvalue weighted by molar-refractivity contribution is 6.28. The Labute approximate surface area is 320 Å². The van der Waals surface area contributed by atoms with Crippen molar-refractivity contribution >= 4 is 66.8 Å². The molecule has 3 nitrogen and oxygen atoms in total. The van der Waals surface area contributed by atoms with E-state index in [1.54, 1.807) is 0 Å². The van der Waals surface area contributed by atoms with Crippen molar-refractivity contribution in [1.82, 2.24) is 0 Å². The fourth-order valence-electron chi connectivity index (χ4n) is 7.89. The maximum atomic E-state index is 7.08. The molecule has 0 aliphatic carbocycles. The van der Waals surface area contributed by atoms with Crippen LogP contribution in [0.2, 0.25) is 0 Å². The lowest BCUT2D eigenvalue weighted by molar-refractivity contribution is 0.669. The fourth-order valence-corrected chi connectivity index (χ4v) is 7.89. The van der Waals surface area contributed by atoms with Gasteiger partial charge in [-0.15, -0.1) is 0 Å². The summed E-state index contributed by atoms with van der Waals surface area (Å²) in [5.41, 5.74) is 12.7. The standard InChI is InChI=1S/C52H36N2O/c1-5-17-37(18-6-1)39-29-33-43(34-30-39)53(41-21-9-3-10-22-41)50-45-25-13-14-26-46(45)51(52-49(50)47-27-15-16-28-48(47)55-52)54(42-23-11-4-12-24-42)44-35-31-40(32-36-44)38-19-7-2-8-20-38/h1-36H. The van der Waals surface area contributed by atoms with Gasteiger partial charge >= 0.3 is 0 Å². The number of hydrogen-bond acceptors (Lipinski definition) is 3. The molecule has 1 heterocycles. The van der Waals surface area contributed by atoms with Crippen molar-refractivity contribution in [3.05, 3.63) is 218 Å². The van der Waals surface area contributed by atoms with Gasteiger partial charge in [-0.2, -0.15) is 0 Å². The molecular weight excluding hydrogens is 669 g/mol. The molecule has 0 atom stereocenters. The summed E-state index contributed by atoms with van der Waals surface area (Å²) in [5.74, 6) is 0. The van der Waals surface area contributed by atoms with E-state index >= 15 is 0 Å². The maximum Gasteiger partial charge on any atom is 0.162 e. The van der Waals surface area contributed by atoms with Gasteiger partial charge in [0.1, 0.15) is 5.58 Å². The topological polar surface area (TPSA) is 19.6 Å². The summed E-state index contributed by atoms with van der Waals surface area (Å²) in [6.45, 7) is 0. The number of hydrogen-bond donors (Lipinski definition) is 0. The summed E-state index contributed by atoms with van der Waals surface area (Å²) in [6.07, 6.45) is 0. The van der Waals surface area contributed by atoms with Crippen LogP contribution < -0.4 is 9.80 Å². The third-order valence-electron chi connectivity index (χ3n) is 10.4. The van der Waals surface area contributed by atoms with E-state index in [9.17, 15) is 0 Å². The smallest absolute Gasteiger partial charge is 0.162 e. The normalized spacial score (nSPS) is 11.3. The average Bonchev–Trinajstić information content (AvgIpc) is 3.66. The Morgan fingerprint density at radius 2 is 0.618 bits per heavy atom. The number of fused-ring (bicyclic) bond motifs is 4. The Bertz CT molecular complexity index is 2890. The van der Waals surface area contributed by atoms with Gasteiger partial charge in [-0.3, -0.25) is 0 Å². The number of rotatable bonds is 8. The molecular formula is C52H36N2O. The minimum absolute atomic E-state index is 0.827. The molecule has 0 saturated carbocycles. The van der Waals surface area contributed by atoms with Crippen LogP contribution in [0.1, 0.15) is 0 Å². The van der Waals surface area contributed by atoms with Crippen molar-refractivity contribution in [2.75, 3.05) is 9.80 Å². The SMILES string of the molecule is c1ccc(-c2ccc(N(c3ccccc3)c3c4ccccc4c(N(c4ccccc4)c4ccc(-c5ccccc5)cc4)c4c3oc3ccccc34)cc2)cc1. The van der Waals surface area contributed by atoms with Crippen molar-refractivity contribution < 1.29 is 4.42 Å². The molecule has 0 aliphatic rings. The molecule has 0 fully saturated rings. The van der Waals surface area contributed by atoms with Crippen LogP contribution in [-0.2, 0) is 0 Å². The van der Waals surface area contributed by atoms with E-state index in [4.69, 9.17) is 4.42 Å². The highest BCUT2D eigenvalue weighted by Gasteiger charge is 2.29. The first-order chi connectivity index (χ1) is 27.3. The van der Waals surface area contributed by atoms with Crippen LogP contribution in [0.4, 0.5) is 34.1 Å². The van der Waals surface area contributed by atoms with Gasteiger partial charge in [0.2, 0.25) is 0 Å². The second-order valence-electron chi connectivity index (χ2n) is 13.7. The van der Waals surface area contributed by atoms with E-state index in [-0.39, 0.29) is 0 Å². The molecule has 0 radical (unpaired) electrons. The van der Waals surface area contributed by atoms with Gasteiger partial charge in [0.15, 0.2) is 5.58 Å². The van der Waals surface area contributed by atoms with Gasteiger partial charge in [-0.1, -0.05) is 164 Å². The van der Waals surface area contributed by atoms with Gasteiger partial charge in [0.25, 0.3) is 0 Å². The van der Waals surface area contributed by atoms with E-state index in [1.807, 2.05) is 0 Å². The van der Waals surface area contributed by atoms with Crippen LogP contribution in [0.5, 0.6) is 0 Å². The molecule has 10 aromatic rings. The average molecular weight is 705 g/mol. The number of anilines is 6. The first kappa shape index (κ1) is 32.3. The van der Waals surface area contributed by atoms with E-state index in [0.717, 1.165) is 66.8 Å². The summed E-state index contributed by atoms with van der Waals surface area (Å²) in [7, 11) is 0. The van der Waals surface area contributed by atoms with Gasteiger partial charge < -0.3 is 14.2 Å². The van der Waals surface area contributed by atoms with Crippen LogP contribution in [0.25, 0.3) is 55.0 Å². The van der Waals surface area contributed by atoms with Crippen molar-refractivity contribution in [3.63, 3.8) is 0 Å². The van der Waals surface area contributed by atoms with Gasteiger partial charge in [0, 0.05) is 38.9 Å². The maximum absolute atomic E-state index is 7.08. The lowest BCUT2D eigenvalue weighted by Gasteiger charge is -2.31. The third-order valence-corrected chi connectivity index (χ3v) is 10.4. The number of para-hydroxylation sites is 3. The van der Waals surface area contributed by atoms with Gasteiger partial charge in [-0.25, -0.2) is 0 Å². The molecule has 9 aromatic carbocycles. The summed E-state index contributed by atoms with van der Waals surface area (Å²) in [4.78, 5) is 4.75. The summed E-state index contributed by atoms with van der Waals surface area (Å²) >= 11 is 0. The Kier molecular flexibility index (Phi) is 8.16. The zero-order valence-corrected chi connectivity index (χ0v) is 30.1. The van der Waals surface area contributed by atoms with Gasteiger partial charge in [-0.05, 0) is 76.9 Å². The minimum Gasteiger partial charge on any atom is -0.454 e. The Morgan fingerprint density at radius 3 is 1.11 bits per heavy atom. The largest absolute Gasteiger partial charge is 0.454 e. The monoisotopic (exact) mass is 704 g/mol. The Balaban J connectivity index is 1.27. The van der Waals surface area contributed by atoms with Crippen molar-refractivity contribution in [3.8, 4) is 22.3 Å². The van der Waals surface area contributed by atoms with Crippen molar-refractivity contribution in [2.45, 2.75) is 0 Å². The van der Waals surface area contributed by atoms with Crippen LogP contribution in [-0.4, -0.2) is 0 Å². The highest BCUT2D eigenvalue weighted by atomic mass is 16.3. The quantitative estimate of drug-likeness (QED) is 0.147. The molecule has 10 rings (SSSR count). The molecule has 0 unspecified atom stereocenters.